The lowest BCUT2D eigenvalue weighted by Crippen LogP contribution is -2.38. The van der Waals surface area contributed by atoms with E-state index in [0.29, 0.717) is 41.3 Å². The van der Waals surface area contributed by atoms with Crippen molar-refractivity contribution in [3.8, 4) is 11.5 Å². The second-order valence-electron chi connectivity index (χ2n) is 5.77. The number of H-pyrrole nitrogens is 1. The molecule has 0 saturated carbocycles. The molecule has 1 atom stereocenters. The molecule has 1 aromatic carbocycles. The largest absolute Gasteiger partial charge is 0.493 e. The number of benzene rings is 1. The lowest BCUT2D eigenvalue weighted by Gasteiger charge is -2.29. The topological polar surface area (TPSA) is 87.7 Å². The van der Waals surface area contributed by atoms with Gasteiger partial charge in [-0.1, -0.05) is 0 Å². The Kier molecular flexibility index (Phi) is 4.49. The first-order valence-corrected chi connectivity index (χ1v) is 7.66. The summed E-state index contributed by atoms with van der Waals surface area (Å²) >= 11 is 0. The molecule has 1 aliphatic heterocycles. The molecule has 124 valence electrons. The molecule has 2 N–H and O–H groups in total. The molecule has 0 aliphatic carbocycles. The van der Waals surface area contributed by atoms with Crippen molar-refractivity contribution in [3.63, 3.8) is 0 Å². The van der Waals surface area contributed by atoms with Crippen molar-refractivity contribution < 1.29 is 14.6 Å². The number of nitrogens with zero attached hydrogens (tertiary/aromatic N) is 2. The number of aliphatic hydroxyl groups is 1. The molecular weight excluding hydrogens is 298 g/mol. The quantitative estimate of drug-likeness (QED) is 0.870. The number of aromatic nitrogens is 2. The maximum absolute atomic E-state index is 12.3. The third kappa shape index (κ3) is 3.30. The predicted octanol–water partition coefficient (Wildman–Crippen LogP) is 0.897. The molecule has 1 fully saturated rings. The third-order valence-electron chi connectivity index (χ3n) is 4.11. The number of hydrogen-bond acceptors (Lipinski definition) is 6. The van der Waals surface area contributed by atoms with Gasteiger partial charge in [-0.15, -0.1) is 0 Å². The molecular formula is C16H21N3O4. The molecule has 0 bridgehead atoms. The number of hydrogen-bond donors (Lipinski definition) is 2. The van der Waals surface area contributed by atoms with Gasteiger partial charge in [0.05, 0.1) is 37.8 Å². The normalized spacial score (nSPS) is 19.0. The van der Waals surface area contributed by atoms with Gasteiger partial charge in [-0.25, -0.2) is 4.98 Å². The Morgan fingerprint density at radius 2 is 2.09 bits per heavy atom. The first-order valence-electron chi connectivity index (χ1n) is 7.66. The van der Waals surface area contributed by atoms with Gasteiger partial charge in [-0.05, 0) is 25.5 Å². The highest BCUT2D eigenvalue weighted by Gasteiger charge is 2.19. The molecule has 7 nitrogen and oxygen atoms in total. The van der Waals surface area contributed by atoms with Crippen molar-refractivity contribution in [2.75, 3.05) is 27.3 Å². The van der Waals surface area contributed by atoms with Crippen LogP contribution in [0.3, 0.4) is 0 Å². The first kappa shape index (κ1) is 15.8. The van der Waals surface area contributed by atoms with Gasteiger partial charge >= 0.3 is 0 Å². The maximum Gasteiger partial charge on any atom is 0.258 e. The van der Waals surface area contributed by atoms with Crippen LogP contribution in [0.2, 0.25) is 0 Å². The highest BCUT2D eigenvalue weighted by Crippen LogP contribution is 2.30. The highest BCUT2D eigenvalue weighted by molar-refractivity contribution is 5.81. The van der Waals surface area contributed by atoms with E-state index in [4.69, 9.17) is 9.47 Å². The van der Waals surface area contributed by atoms with Crippen LogP contribution in [0.5, 0.6) is 11.5 Å². The van der Waals surface area contributed by atoms with E-state index in [9.17, 15) is 9.90 Å². The smallest absolute Gasteiger partial charge is 0.258 e. The summed E-state index contributed by atoms with van der Waals surface area (Å²) in [4.78, 5) is 21.7. The van der Waals surface area contributed by atoms with Crippen molar-refractivity contribution in [1.82, 2.24) is 14.9 Å². The SMILES string of the molecule is COc1cc2nc(CN3CCCC(O)C3)[nH]c(=O)c2cc1OC. The molecule has 0 radical (unpaired) electrons. The van der Waals surface area contributed by atoms with Gasteiger partial charge < -0.3 is 19.6 Å². The molecule has 23 heavy (non-hydrogen) atoms. The lowest BCUT2D eigenvalue weighted by molar-refractivity contribution is 0.0655. The first-order chi connectivity index (χ1) is 11.1. The van der Waals surface area contributed by atoms with Gasteiger partial charge in [0, 0.05) is 12.6 Å². The van der Waals surface area contributed by atoms with E-state index in [0.717, 1.165) is 19.4 Å². The van der Waals surface area contributed by atoms with Crippen LogP contribution in [0.4, 0.5) is 0 Å². The minimum Gasteiger partial charge on any atom is -0.493 e. The highest BCUT2D eigenvalue weighted by atomic mass is 16.5. The van der Waals surface area contributed by atoms with E-state index >= 15 is 0 Å². The average Bonchev–Trinajstić information content (AvgIpc) is 2.53. The standard InChI is InChI=1S/C16H21N3O4/c1-22-13-6-11-12(7-14(13)23-2)17-15(18-16(11)21)9-19-5-3-4-10(20)8-19/h6-7,10,20H,3-5,8-9H2,1-2H3,(H,17,18,21). The minimum atomic E-state index is -0.305. The zero-order chi connectivity index (χ0) is 16.4. The van der Waals surface area contributed by atoms with Crippen molar-refractivity contribution in [1.29, 1.82) is 0 Å². The third-order valence-corrected chi connectivity index (χ3v) is 4.11. The lowest BCUT2D eigenvalue weighted by atomic mass is 10.1. The van der Waals surface area contributed by atoms with E-state index in [1.54, 1.807) is 19.2 Å². The number of likely N-dealkylation sites (tertiary alicyclic amines) is 1. The summed E-state index contributed by atoms with van der Waals surface area (Å²) in [6, 6.07) is 3.34. The van der Waals surface area contributed by atoms with E-state index in [1.807, 2.05) is 0 Å². The van der Waals surface area contributed by atoms with E-state index in [-0.39, 0.29) is 11.7 Å². The zero-order valence-corrected chi connectivity index (χ0v) is 13.3. The van der Waals surface area contributed by atoms with Crippen LogP contribution >= 0.6 is 0 Å². The van der Waals surface area contributed by atoms with Crippen molar-refractivity contribution >= 4 is 10.9 Å². The van der Waals surface area contributed by atoms with E-state index < -0.39 is 0 Å². The van der Waals surface area contributed by atoms with Crippen LogP contribution in [-0.4, -0.2) is 53.4 Å². The number of piperidine rings is 1. The van der Waals surface area contributed by atoms with Gasteiger partial charge in [0.25, 0.3) is 5.56 Å². The average molecular weight is 319 g/mol. The molecule has 2 aromatic rings. The number of methoxy groups -OCH3 is 2. The Labute approximate surface area is 133 Å². The number of rotatable bonds is 4. The van der Waals surface area contributed by atoms with Gasteiger partial charge in [-0.3, -0.25) is 9.69 Å². The number of nitrogens with one attached hydrogen (secondary N) is 1. The van der Waals surface area contributed by atoms with Crippen LogP contribution in [0.15, 0.2) is 16.9 Å². The Morgan fingerprint density at radius 1 is 1.35 bits per heavy atom. The maximum atomic E-state index is 12.3. The van der Waals surface area contributed by atoms with Crippen molar-refractivity contribution in [2.45, 2.75) is 25.5 Å². The molecule has 0 amide bonds. The summed E-state index contributed by atoms with van der Waals surface area (Å²) in [6.45, 7) is 2.01. The van der Waals surface area contributed by atoms with Gasteiger partial charge in [-0.2, -0.15) is 0 Å². The van der Waals surface area contributed by atoms with Crippen LogP contribution < -0.4 is 15.0 Å². The molecule has 1 aliphatic rings. The van der Waals surface area contributed by atoms with Crippen molar-refractivity contribution in [3.05, 3.63) is 28.3 Å². The second kappa shape index (κ2) is 6.55. The Morgan fingerprint density at radius 3 is 2.78 bits per heavy atom. The summed E-state index contributed by atoms with van der Waals surface area (Å²) in [6.07, 6.45) is 1.47. The molecule has 2 heterocycles. The monoisotopic (exact) mass is 319 g/mol. The number of aromatic amines is 1. The van der Waals surface area contributed by atoms with Gasteiger partial charge in [0.1, 0.15) is 5.82 Å². The Bertz CT molecular complexity index is 759. The van der Waals surface area contributed by atoms with Crippen LogP contribution in [0.25, 0.3) is 10.9 Å². The second-order valence-corrected chi connectivity index (χ2v) is 5.77. The summed E-state index contributed by atoms with van der Waals surface area (Å²) in [5.41, 5.74) is 0.363. The molecule has 3 rings (SSSR count). The van der Waals surface area contributed by atoms with E-state index in [1.165, 1.54) is 7.11 Å². The minimum absolute atomic E-state index is 0.205. The fourth-order valence-electron chi connectivity index (χ4n) is 2.98. The molecule has 7 heteroatoms. The van der Waals surface area contributed by atoms with Gasteiger partial charge in [0.15, 0.2) is 11.5 Å². The molecule has 0 spiro atoms. The van der Waals surface area contributed by atoms with Crippen LogP contribution in [-0.2, 0) is 6.54 Å². The van der Waals surface area contributed by atoms with Gasteiger partial charge in [0.2, 0.25) is 0 Å². The number of aliphatic hydroxyl groups excluding tert-OH is 1. The molecule has 1 unspecified atom stereocenters. The molecule has 1 saturated heterocycles. The summed E-state index contributed by atoms with van der Waals surface area (Å²) in [5, 5.41) is 10.2. The Hall–Kier alpha value is -2.12. The zero-order valence-electron chi connectivity index (χ0n) is 13.3. The fraction of sp³-hybridized carbons (Fsp3) is 0.500. The van der Waals surface area contributed by atoms with E-state index in [2.05, 4.69) is 14.9 Å². The molecule has 1 aromatic heterocycles. The number of ether oxygens (including phenoxy) is 2. The summed E-state index contributed by atoms with van der Waals surface area (Å²) < 4.78 is 10.5. The van der Waals surface area contributed by atoms with Crippen LogP contribution in [0.1, 0.15) is 18.7 Å². The van der Waals surface area contributed by atoms with Crippen LogP contribution in [0, 0.1) is 0 Å². The fourth-order valence-corrected chi connectivity index (χ4v) is 2.98. The predicted molar refractivity (Wildman–Crippen MR) is 86.0 cm³/mol. The Balaban J connectivity index is 1.95. The number of fused-ring (bicyclic) bond motifs is 1. The summed E-state index contributed by atoms with van der Waals surface area (Å²) in [5.74, 6) is 1.63. The van der Waals surface area contributed by atoms with Crippen molar-refractivity contribution in [2.24, 2.45) is 0 Å². The number of β-amino-alcohol motifs (C(OH)–C–C–N with tert-alkyl or cyclic N) is 1. The summed E-state index contributed by atoms with van der Waals surface area (Å²) in [7, 11) is 3.08.